The van der Waals surface area contributed by atoms with Gasteiger partial charge in [0.15, 0.2) is 0 Å². The molecule has 2 N–H and O–H groups in total. The maximum absolute atomic E-state index is 12.2. The Labute approximate surface area is 159 Å². The summed E-state index contributed by atoms with van der Waals surface area (Å²) in [6.45, 7) is 2.76. The topological polar surface area (TPSA) is 70.7 Å². The lowest BCUT2D eigenvalue weighted by molar-refractivity contribution is -0.115. The van der Waals surface area contributed by atoms with Gasteiger partial charge in [-0.05, 0) is 49.2 Å². The van der Waals surface area contributed by atoms with Gasteiger partial charge in [-0.25, -0.2) is 4.79 Å². The van der Waals surface area contributed by atoms with E-state index in [1.165, 1.54) is 25.6 Å². The van der Waals surface area contributed by atoms with Gasteiger partial charge >= 0.3 is 5.97 Å². The number of carbonyl (C=O) groups excluding carboxylic acids is 2. The molecule has 1 amide bonds. The number of hydrogen-bond donors (Lipinski definition) is 2. The average Bonchev–Trinajstić information content (AvgIpc) is 3.23. The van der Waals surface area contributed by atoms with Crippen LogP contribution in [0.25, 0.3) is 0 Å². The summed E-state index contributed by atoms with van der Waals surface area (Å²) in [6.07, 6.45) is 2.81. The Balaban J connectivity index is 1.48. The van der Waals surface area contributed by atoms with Gasteiger partial charge in [-0.15, -0.1) is 0 Å². The van der Waals surface area contributed by atoms with Crippen LogP contribution in [0, 0.1) is 0 Å². The summed E-state index contributed by atoms with van der Waals surface area (Å²) < 4.78 is 4.74. The first-order valence-corrected chi connectivity index (χ1v) is 9.23. The van der Waals surface area contributed by atoms with E-state index in [4.69, 9.17) is 4.74 Å². The van der Waals surface area contributed by atoms with Gasteiger partial charge in [-0.2, -0.15) is 0 Å². The summed E-state index contributed by atoms with van der Waals surface area (Å²) in [5, 5.41) is 6.03. The molecule has 142 valence electrons. The maximum atomic E-state index is 12.2. The van der Waals surface area contributed by atoms with E-state index in [2.05, 4.69) is 27.7 Å². The first-order valence-electron chi connectivity index (χ1n) is 9.23. The van der Waals surface area contributed by atoms with Crippen LogP contribution >= 0.6 is 0 Å². The van der Waals surface area contributed by atoms with Crippen molar-refractivity contribution in [3.63, 3.8) is 0 Å². The molecule has 2 aromatic carbocycles. The van der Waals surface area contributed by atoms with Crippen molar-refractivity contribution in [3.8, 4) is 0 Å². The highest BCUT2D eigenvalue weighted by Crippen LogP contribution is 2.22. The van der Waals surface area contributed by atoms with E-state index in [0.717, 1.165) is 18.8 Å². The molecule has 0 aromatic heterocycles. The predicted octanol–water partition coefficient (Wildman–Crippen LogP) is 3.51. The first kappa shape index (κ1) is 18.8. The van der Waals surface area contributed by atoms with Crippen molar-refractivity contribution < 1.29 is 14.3 Å². The van der Waals surface area contributed by atoms with Crippen molar-refractivity contribution in [2.45, 2.75) is 19.3 Å². The molecule has 0 radical (unpaired) electrons. The smallest absolute Gasteiger partial charge is 0.339 e. The first-order chi connectivity index (χ1) is 13.2. The Morgan fingerprint density at radius 1 is 1.04 bits per heavy atom. The summed E-state index contributed by atoms with van der Waals surface area (Å²) in [5.74, 6) is -0.630. The third-order valence-electron chi connectivity index (χ3n) is 4.63. The predicted molar refractivity (Wildman–Crippen MR) is 107 cm³/mol. The lowest BCUT2D eigenvalue weighted by Crippen LogP contribution is -2.18. The zero-order chi connectivity index (χ0) is 19.1. The second-order valence-corrected chi connectivity index (χ2v) is 6.50. The van der Waals surface area contributed by atoms with Crippen molar-refractivity contribution in [1.29, 1.82) is 0 Å². The number of benzene rings is 2. The van der Waals surface area contributed by atoms with E-state index in [1.807, 2.05) is 12.1 Å². The molecular formula is C21H25N3O3. The number of carbonyl (C=O) groups is 2. The van der Waals surface area contributed by atoms with Crippen LogP contribution in [0.3, 0.4) is 0 Å². The highest BCUT2D eigenvalue weighted by atomic mass is 16.5. The van der Waals surface area contributed by atoms with Crippen molar-refractivity contribution in [2.24, 2.45) is 0 Å². The van der Waals surface area contributed by atoms with Crippen molar-refractivity contribution in [2.75, 3.05) is 42.3 Å². The SMILES string of the molecule is COC(=O)c1ccccc1NC(=O)CCNc1ccc(N2CCCC2)cc1. The molecule has 1 heterocycles. The van der Waals surface area contributed by atoms with Crippen LogP contribution in [0.2, 0.25) is 0 Å². The van der Waals surface area contributed by atoms with E-state index >= 15 is 0 Å². The number of nitrogens with zero attached hydrogens (tertiary/aromatic N) is 1. The summed E-state index contributed by atoms with van der Waals surface area (Å²) in [5.41, 5.74) is 3.04. The Bertz CT molecular complexity index is 784. The average molecular weight is 367 g/mol. The molecule has 0 bridgehead atoms. The Morgan fingerprint density at radius 2 is 1.74 bits per heavy atom. The molecule has 1 saturated heterocycles. The summed E-state index contributed by atoms with van der Waals surface area (Å²) in [7, 11) is 1.32. The highest BCUT2D eigenvalue weighted by Gasteiger charge is 2.13. The lowest BCUT2D eigenvalue weighted by Gasteiger charge is -2.18. The van der Waals surface area contributed by atoms with E-state index in [9.17, 15) is 9.59 Å². The Morgan fingerprint density at radius 3 is 2.44 bits per heavy atom. The summed E-state index contributed by atoms with van der Waals surface area (Å²) >= 11 is 0. The van der Waals surface area contributed by atoms with Gasteiger partial charge in [0, 0.05) is 37.4 Å². The summed E-state index contributed by atoms with van der Waals surface area (Å²) in [6, 6.07) is 15.1. The van der Waals surface area contributed by atoms with Gasteiger partial charge in [0.2, 0.25) is 5.91 Å². The molecule has 0 atom stereocenters. The number of para-hydroxylation sites is 1. The second kappa shape index (κ2) is 9.07. The monoisotopic (exact) mass is 367 g/mol. The van der Waals surface area contributed by atoms with Gasteiger partial charge in [-0.3, -0.25) is 4.79 Å². The third-order valence-corrected chi connectivity index (χ3v) is 4.63. The molecule has 1 aliphatic heterocycles. The number of rotatable bonds is 7. The molecule has 2 aromatic rings. The Kier molecular flexibility index (Phi) is 6.30. The minimum atomic E-state index is -0.470. The van der Waals surface area contributed by atoms with Crippen molar-refractivity contribution in [3.05, 3.63) is 54.1 Å². The number of methoxy groups -OCH3 is 1. The molecule has 0 unspecified atom stereocenters. The van der Waals surface area contributed by atoms with Gasteiger partial charge in [-0.1, -0.05) is 12.1 Å². The fourth-order valence-electron chi connectivity index (χ4n) is 3.18. The van der Waals surface area contributed by atoms with E-state index in [1.54, 1.807) is 24.3 Å². The zero-order valence-corrected chi connectivity index (χ0v) is 15.5. The molecular weight excluding hydrogens is 342 g/mol. The van der Waals surface area contributed by atoms with Crippen LogP contribution < -0.4 is 15.5 Å². The van der Waals surface area contributed by atoms with Crippen molar-refractivity contribution in [1.82, 2.24) is 0 Å². The van der Waals surface area contributed by atoms with Gasteiger partial charge in [0.05, 0.1) is 18.4 Å². The molecule has 1 aliphatic rings. The molecule has 6 nitrogen and oxygen atoms in total. The van der Waals surface area contributed by atoms with Crippen LogP contribution in [-0.2, 0) is 9.53 Å². The standard InChI is InChI=1S/C21H25N3O3/c1-27-21(26)18-6-2-3-7-19(18)23-20(25)12-13-22-16-8-10-17(11-9-16)24-14-4-5-15-24/h2-3,6-11,22H,4-5,12-15H2,1H3,(H,23,25). The van der Waals surface area contributed by atoms with Crippen LogP contribution in [-0.4, -0.2) is 38.6 Å². The second-order valence-electron chi connectivity index (χ2n) is 6.50. The molecule has 1 fully saturated rings. The fraction of sp³-hybridized carbons (Fsp3) is 0.333. The van der Waals surface area contributed by atoms with Crippen LogP contribution in [0.15, 0.2) is 48.5 Å². The van der Waals surface area contributed by atoms with Gasteiger partial charge < -0.3 is 20.3 Å². The third kappa shape index (κ3) is 5.00. The lowest BCUT2D eigenvalue weighted by atomic mass is 10.1. The van der Waals surface area contributed by atoms with Crippen LogP contribution in [0.1, 0.15) is 29.6 Å². The molecule has 0 aliphatic carbocycles. The number of anilines is 3. The highest BCUT2D eigenvalue weighted by molar-refractivity contribution is 6.01. The zero-order valence-electron chi connectivity index (χ0n) is 15.5. The van der Waals surface area contributed by atoms with Crippen LogP contribution in [0.5, 0.6) is 0 Å². The van der Waals surface area contributed by atoms with E-state index < -0.39 is 5.97 Å². The largest absolute Gasteiger partial charge is 0.465 e. The molecule has 6 heteroatoms. The van der Waals surface area contributed by atoms with E-state index in [0.29, 0.717) is 24.2 Å². The van der Waals surface area contributed by atoms with Crippen molar-refractivity contribution >= 4 is 28.9 Å². The fourth-order valence-corrected chi connectivity index (χ4v) is 3.18. The number of amides is 1. The maximum Gasteiger partial charge on any atom is 0.339 e. The normalized spacial score (nSPS) is 13.3. The Hall–Kier alpha value is -3.02. The molecule has 27 heavy (non-hydrogen) atoms. The van der Waals surface area contributed by atoms with Crippen LogP contribution in [0.4, 0.5) is 17.1 Å². The molecule has 0 saturated carbocycles. The minimum Gasteiger partial charge on any atom is -0.465 e. The minimum absolute atomic E-state index is 0.160. The summed E-state index contributed by atoms with van der Waals surface area (Å²) in [4.78, 5) is 26.3. The number of hydrogen-bond acceptors (Lipinski definition) is 5. The number of ether oxygens (including phenoxy) is 1. The molecule has 0 spiro atoms. The van der Waals surface area contributed by atoms with E-state index in [-0.39, 0.29) is 5.91 Å². The van der Waals surface area contributed by atoms with Gasteiger partial charge in [0.1, 0.15) is 0 Å². The quantitative estimate of drug-likeness (QED) is 0.733. The molecule has 3 rings (SSSR count). The number of esters is 1. The van der Waals surface area contributed by atoms with Gasteiger partial charge in [0.25, 0.3) is 0 Å². The number of nitrogens with one attached hydrogen (secondary N) is 2.